The Labute approximate surface area is 138 Å². The molecule has 0 N–H and O–H groups in total. The smallest absolute Gasteiger partial charge is 0.188 e. The van der Waals surface area contributed by atoms with E-state index in [1.165, 1.54) is 33.5 Å². The largest absolute Gasteiger partial charge is 0.496 e. The third-order valence-electron chi connectivity index (χ3n) is 3.35. The molecule has 0 heterocycles. The molecule has 2 aromatic rings. The topological polar surface area (TPSA) is 44.8 Å². The van der Waals surface area contributed by atoms with Crippen LogP contribution < -0.4 is 14.2 Å². The molecule has 0 atom stereocenters. The van der Waals surface area contributed by atoms with Crippen LogP contribution >= 0.6 is 0 Å². The van der Waals surface area contributed by atoms with E-state index in [0.29, 0.717) is 28.9 Å². The van der Waals surface area contributed by atoms with Crippen molar-refractivity contribution in [2.24, 2.45) is 0 Å². The van der Waals surface area contributed by atoms with E-state index in [-0.39, 0.29) is 5.56 Å². The van der Waals surface area contributed by atoms with Crippen molar-refractivity contribution in [2.45, 2.75) is 0 Å². The Morgan fingerprint density at radius 3 is 2.08 bits per heavy atom. The van der Waals surface area contributed by atoms with Crippen LogP contribution in [0.2, 0.25) is 0 Å². The van der Waals surface area contributed by atoms with Gasteiger partial charge in [0.05, 0.1) is 32.5 Å². The third-order valence-corrected chi connectivity index (χ3v) is 3.35. The monoisotopic (exact) mass is 334 g/mol. The Morgan fingerprint density at radius 2 is 1.58 bits per heavy atom. The van der Waals surface area contributed by atoms with Gasteiger partial charge in [0.15, 0.2) is 5.78 Å². The Balaban J connectivity index is 2.39. The summed E-state index contributed by atoms with van der Waals surface area (Å²) in [5.74, 6) is -0.890. The van der Waals surface area contributed by atoms with E-state index >= 15 is 0 Å². The molecule has 2 aromatic carbocycles. The minimum absolute atomic E-state index is 0.223. The molecule has 0 amide bonds. The lowest BCUT2D eigenvalue weighted by Gasteiger charge is -2.12. The number of hydrogen-bond acceptors (Lipinski definition) is 4. The number of halogens is 2. The number of benzene rings is 2. The fourth-order valence-corrected chi connectivity index (χ4v) is 2.13. The number of rotatable bonds is 6. The van der Waals surface area contributed by atoms with Crippen molar-refractivity contribution in [1.29, 1.82) is 0 Å². The van der Waals surface area contributed by atoms with Gasteiger partial charge in [-0.15, -0.1) is 0 Å². The molecule has 2 rings (SSSR count). The summed E-state index contributed by atoms with van der Waals surface area (Å²) in [5.41, 5.74) is 0.274. The molecule has 0 fully saturated rings. The highest BCUT2D eigenvalue weighted by atomic mass is 19.1. The van der Waals surface area contributed by atoms with Gasteiger partial charge < -0.3 is 14.2 Å². The number of ether oxygens (including phenoxy) is 3. The van der Waals surface area contributed by atoms with Gasteiger partial charge in [-0.2, -0.15) is 0 Å². The summed E-state index contributed by atoms with van der Waals surface area (Å²) >= 11 is 0. The van der Waals surface area contributed by atoms with Crippen LogP contribution in [0.15, 0.2) is 36.4 Å². The van der Waals surface area contributed by atoms with Gasteiger partial charge in [-0.05, 0) is 24.3 Å². The van der Waals surface area contributed by atoms with Crippen LogP contribution in [0, 0.1) is 11.6 Å². The molecule has 0 unspecified atom stereocenters. The van der Waals surface area contributed by atoms with Crippen molar-refractivity contribution in [3.63, 3.8) is 0 Å². The number of allylic oxidation sites excluding steroid dienone is 1. The molecule has 24 heavy (non-hydrogen) atoms. The molecule has 0 aromatic heterocycles. The highest BCUT2D eigenvalue weighted by Gasteiger charge is 2.13. The Hall–Kier alpha value is -2.89. The van der Waals surface area contributed by atoms with Gasteiger partial charge in [0, 0.05) is 18.2 Å². The molecule has 0 bridgehead atoms. The Morgan fingerprint density at radius 1 is 0.958 bits per heavy atom. The van der Waals surface area contributed by atoms with Crippen molar-refractivity contribution in [2.75, 3.05) is 21.3 Å². The predicted molar refractivity (Wildman–Crippen MR) is 85.8 cm³/mol. The van der Waals surface area contributed by atoms with Crippen molar-refractivity contribution in [3.8, 4) is 17.2 Å². The second-order valence-corrected chi connectivity index (χ2v) is 4.77. The minimum Gasteiger partial charge on any atom is -0.496 e. The standard InChI is InChI=1S/C18H16F2O4/c1-22-12-9-17(23-2)14(18(10-12)24-3)6-7-16(21)13-5-4-11(19)8-15(13)20/h4-10H,1-3H3/b7-6+. The highest BCUT2D eigenvalue weighted by molar-refractivity contribution is 6.07. The number of methoxy groups -OCH3 is 3. The van der Waals surface area contributed by atoms with Gasteiger partial charge in [0.25, 0.3) is 0 Å². The summed E-state index contributed by atoms with van der Waals surface area (Å²) in [6, 6.07) is 6.05. The molecule has 126 valence electrons. The first-order valence-electron chi connectivity index (χ1n) is 6.97. The zero-order valence-electron chi connectivity index (χ0n) is 13.4. The Bertz CT molecular complexity index is 760. The second kappa shape index (κ2) is 7.59. The van der Waals surface area contributed by atoms with Crippen LogP contribution in [0.25, 0.3) is 6.08 Å². The summed E-state index contributed by atoms with van der Waals surface area (Å²) in [6.07, 6.45) is 2.62. The lowest BCUT2D eigenvalue weighted by Crippen LogP contribution is -2.00. The maximum absolute atomic E-state index is 13.7. The number of carbonyl (C=O) groups is 1. The van der Waals surface area contributed by atoms with Gasteiger partial charge in [-0.1, -0.05) is 0 Å². The number of carbonyl (C=O) groups excluding carboxylic acids is 1. The van der Waals surface area contributed by atoms with Crippen LogP contribution in [0.5, 0.6) is 17.2 Å². The van der Waals surface area contributed by atoms with Crippen LogP contribution in [0.3, 0.4) is 0 Å². The molecule has 0 spiro atoms. The van der Waals surface area contributed by atoms with Gasteiger partial charge in [-0.25, -0.2) is 8.78 Å². The van der Waals surface area contributed by atoms with Crippen LogP contribution in [-0.2, 0) is 0 Å². The van der Waals surface area contributed by atoms with E-state index < -0.39 is 17.4 Å². The summed E-state index contributed by atoms with van der Waals surface area (Å²) in [7, 11) is 4.44. The van der Waals surface area contributed by atoms with Crippen LogP contribution in [-0.4, -0.2) is 27.1 Å². The van der Waals surface area contributed by atoms with E-state index in [1.54, 1.807) is 12.1 Å². The fraction of sp³-hybridized carbons (Fsp3) is 0.167. The third kappa shape index (κ3) is 3.71. The molecule has 0 aliphatic heterocycles. The van der Waals surface area contributed by atoms with Crippen LogP contribution in [0.1, 0.15) is 15.9 Å². The highest BCUT2D eigenvalue weighted by Crippen LogP contribution is 2.35. The Kier molecular flexibility index (Phi) is 5.52. The summed E-state index contributed by atoms with van der Waals surface area (Å²) in [4.78, 5) is 12.1. The molecular formula is C18H16F2O4. The summed E-state index contributed by atoms with van der Waals surface area (Å²) < 4.78 is 42.2. The maximum atomic E-state index is 13.7. The first-order valence-corrected chi connectivity index (χ1v) is 6.97. The molecule has 0 aliphatic carbocycles. The number of ketones is 1. The predicted octanol–water partition coefficient (Wildman–Crippen LogP) is 3.89. The van der Waals surface area contributed by atoms with Gasteiger partial charge >= 0.3 is 0 Å². The molecule has 0 radical (unpaired) electrons. The summed E-state index contributed by atoms with van der Waals surface area (Å²) in [5, 5.41) is 0. The van der Waals surface area contributed by atoms with Crippen molar-refractivity contribution < 1.29 is 27.8 Å². The molecule has 6 heteroatoms. The average Bonchev–Trinajstić information content (AvgIpc) is 2.58. The average molecular weight is 334 g/mol. The zero-order chi connectivity index (χ0) is 17.7. The first kappa shape index (κ1) is 17.5. The van der Waals surface area contributed by atoms with Gasteiger partial charge in [0.1, 0.15) is 28.9 Å². The van der Waals surface area contributed by atoms with Crippen LogP contribution in [0.4, 0.5) is 8.78 Å². The van der Waals surface area contributed by atoms with Crippen molar-refractivity contribution in [1.82, 2.24) is 0 Å². The normalized spacial score (nSPS) is 10.7. The quantitative estimate of drug-likeness (QED) is 0.594. The van der Waals surface area contributed by atoms with Crippen molar-refractivity contribution in [3.05, 3.63) is 59.2 Å². The lowest BCUT2D eigenvalue weighted by atomic mass is 10.1. The van der Waals surface area contributed by atoms with E-state index in [4.69, 9.17) is 14.2 Å². The van der Waals surface area contributed by atoms with E-state index in [2.05, 4.69) is 0 Å². The second-order valence-electron chi connectivity index (χ2n) is 4.77. The minimum atomic E-state index is -0.918. The SMILES string of the molecule is COc1cc(OC)c(/C=C/C(=O)c2ccc(F)cc2F)c(OC)c1. The number of hydrogen-bond donors (Lipinski definition) is 0. The fourth-order valence-electron chi connectivity index (χ4n) is 2.13. The van der Waals surface area contributed by atoms with Gasteiger partial charge in [0.2, 0.25) is 0 Å². The molecule has 0 saturated carbocycles. The van der Waals surface area contributed by atoms with Crippen molar-refractivity contribution >= 4 is 11.9 Å². The molecular weight excluding hydrogens is 318 g/mol. The van der Waals surface area contributed by atoms with E-state index in [0.717, 1.165) is 12.1 Å². The molecule has 4 nitrogen and oxygen atoms in total. The maximum Gasteiger partial charge on any atom is 0.188 e. The summed E-state index contributed by atoms with van der Waals surface area (Å²) in [6.45, 7) is 0. The molecule has 0 aliphatic rings. The lowest BCUT2D eigenvalue weighted by molar-refractivity contribution is 0.104. The molecule has 0 saturated heterocycles. The van der Waals surface area contributed by atoms with Gasteiger partial charge in [-0.3, -0.25) is 4.79 Å². The van der Waals surface area contributed by atoms with E-state index in [1.807, 2.05) is 0 Å². The van der Waals surface area contributed by atoms with E-state index in [9.17, 15) is 13.6 Å². The zero-order valence-corrected chi connectivity index (χ0v) is 13.4. The first-order chi connectivity index (χ1) is 11.5.